The van der Waals surface area contributed by atoms with Crippen LogP contribution in [-0.2, 0) is 17.6 Å². The highest BCUT2D eigenvalue weighted by molar-refractivity contribution is 5.88. The smallest absolute Gasteiger partial charge is 0.308 e. The van der Waals surface area contributed by atoms with E-state index in [0.29, 0.717) is 11.1 Å². The minimum atomic E-state index is -0.412. The summed E-state index contributed by atoms with van der Waals surface area (Å²) in [6, 6.07) is 5.29. The van der Waals surface area contributed by atoms with E-state index in [1.807, 2.05) is 6.07 Å². The van der Waals surface area contributed by atoms with Crippen molar-refractivity contribution in [3.05, 3.63) is 39.7 Å². The first-order chi connectivity index (χ1) is 9.16. The molecular formula is C15H15NO3. The number of hydrogen-bond acceptors (Lipinski definition) is 3. The Kier molecular flexibility index (Phi) is 2.85. The largest absolute Gasteiger partial charge is 0.426 e. The van der Waals surface area contributed by atoms with E-state index >= 15 is 0 Å². The van der Waals surface area contributed by atoms with Gasteiger partial charge < -0.3 is 9.72 Å². The molecule has 98 valence electrons. The van der Waals surface area contributed by atoms with Gasteiger partial charge in [0.25, 0.3) is 0 Å². The SMILES string of the molecule is CC(=O)Oc1cccc2[nH]c3c(c(=O)c12)CCCC3. The molecule has 0 bridgehead atoms. The van der Waals surface area contributed by atoms with Gasteiger partial charge in [0.2, 0.25) is 0 Å². The van der Waals surface area contributed by atoms with Crippen molar-refractivity contribution in [1.29, 1.82) is 0 Å². The summed E-state index contributed by atoms with van der Waals surface area (Å²) in [6.45, 7) is 1.34. The average molecular weight is 257 g/mol. The predicted octanol–water partition coefficient (Wildman–Crippen LogP) is 2.33. The molecule has 0 saturated heterocycles. The summed E-state index contributed by atoms with van der Waals surface area (Å²) in [5, 5.41) is 0.485. The molecule has 0 amide bonds. The average Bonchev–Trinajstić information content (AvgIpc) is 2.38. The third-order valence-electron chi connectivity index (χ3n) is 3.53. The van der Waals surface area contributed by atoms with E-state index in [1.165, 1.54) is 6.92 Å². The summed E-state index contributed by atoms with van der Waals surface area (Å²) < 4.78 is 5.14. The van der Waals surface area contributed by atoms with Crippen molar-refractivity contribution in [3.63, 3.8) is 0 Å². The first kappa shape index (κ1) is 12.0. The van der Waals surface area contributed by atoms with Gasteiger partial charge in [-0.1, -0.05) is 6.07 Å². The summed E-state index contributed by atoms with van der Waals surface area (Å²) >= 11 is 0. The lowest BCUT2D eigenvalue weighted by molar-refractivity contribution is -0.131. The molecule has 1 heterocycles. The number of hydrogen-bond donors (Lipinski definition) is 1. The number of pyridine rings is 1. The zero-order chi connectivity index (χ0) is 13.4. The molecule has 4 heteroatoms. The van der Waals surface area contributed by atoms with Crippen LogP contribution in [0.15, 0.2) is 23.0 Å². The predicted molar refractivity (Wildman–Crippen MR) is 72.5 cm³/mol. The van der Waals surface area contributed by atoms with Crippen molar-refractivity contribution >= 4 is 16.9 Å². The Bertz CT molecular complexity index is 715. The van der Waals surface area contributed by atoms with Crippen LogP contribution >= 0.6 is 0 Å². The normalized spacial score (nSPS) is 14.2. The van der Waals surface area contributed by atoms with Crippen LogP contribution in [0.5, 0.6) is 5.75 Å². The molecule has 0 unspecified atom stereocenters. The van der Waals surface area contributed by atoms with Crippen LogP contribution in [0.4, 0.5) is 0 Å². The van der Waals surface area contributed by atoms with Crippen LogP contribution in [0.1, 0.15) is 31.0 Å². The van der Waals surface area contributed by atoms with Crippen LogP contribution in [0, 0.1) is 0 Å². The van der Waals surface area contributed by atoms with Crippen molar-refractivity contribution < 1.29 is 9.53 Å². The summed E-state index contributed by atoms with van der Waals surface area (Å²) in [6.07, 6.45) is 3.86. The van der Waals surface area contributed by atoms with Gasteiger partial charge in [0.05, 0.1) is 10.9 Å². The summed E-state index contributed by atoms with van der Waals surface area (Å²) in [5.41, 5.74) is 2.62. The van der Waals surface area contributed by atoms with Crippen molar-refractivity contribution in [1.82, 2.24) is 4.98 Å². The second-order valence-electron chi connectivity index (χ2n) is 4.89. The first-order valence-electron chi connectivity index (χ1n) is 6.52. The molecule has 2 aromatic rings. The maximum absolute atomic E-state index is 12.6. The van der Waals surface area contributed by atoms with Gasteiger partial charge in [0.1, 0.15) is 5.75 Å². The van der Waals surface area contributed by atoms with Gasteiger partial charge in [0.15, 0.2) is 5.43 Å². The van der Waals surface area contributed by atoms with Crippen molar-refractivity contribution in [2.24, 2.45) is 0 Å². The number of carbonyl (C=O) groups excluding carboxylic acids is 1. The van der Waals surface area contributed by atoms with Crippen molar-refractivity contribution in [3.8, 4) is 5.75 Å². The number of benzene rings is 1. The number of carbonyl (C=O) groups is 1. The summed E-state index contributed by atoms with van der Waals surface area (Å²) in [7, 11) is 0. The lowest BCUT2D eigenvalue weighted by Gasteiger charge is -2.16. The minimum Gasteiger partial charge on any atom is -0.426 e. The highest BCUT2D eigenvalue weighted by atomic mass is 16.5. The maximum atomic E-state index is 12.6. The maximum Gasteiger partial charge on any atom is 0.308 e. The Hall–Kier alpha value is -2.10. The molecule has 1 aliphatic carbocycles. The highest BCUT2D eigenvalue weighted by Gasteiger charge is 2.18. The Morgan fingerprint density at radius 3 is 2.84 bits per heavy atom. The zero-order valence-corrected chi connectivity index (χ0v) is 10.8. The molecule has 3 rings (SSSR count). The fraction of sp³-hybridized carbons (Fsp3) is 0.333. The number of fused-ring (bicyclic) bond motifs is 2. The molecule has 4 nitrogen and oxygen atoms in total. The van der Waals surface area contributed by atoms with Crippen molar-refractivity contribution in [2.45, 2.75) is 32.6 Å². The van der Waals surface area contributed by atoms with E-state index in [4.69, 9.17) is 4.74 Å². The monoisotopic (exact) mass is 257 g/mol. The van der Waals surface area contributed by atoms with E-state index in [2.05, 4.69) is 4.98 Å². The van der Waals surface area contributed by atoms with E-state index in [1.54, 1.807) is 12.1 Å². The fourth-order valence-corrected chi connectivity index (χ4v) is 2.72. The van der Waals surface area contributed by atoms with Crippen molar-refractivity contribution in [2.75, 3.05) is 0 Å². The Balaban J connectivity index is 2.30. The van der Waals surface area contributed by atoms with Crippen LogP contribution in [-0.4, -0.2) is 11.0 Å². The lowest BCUT2D eigenvalue weighted by Crippen LogP contribution is -2.19. The first-order valence-corrected chi connectivity index (χ1v) is 6.52. The van der Waals surface area contributed by atoms with E-state index < -0.39 is 5.97 Å². The van der Waals surface area contributed by atoms with Crippen LogP contribution in [0.2, 0.25) is 0 Å². The number of nitrogens with one attached hydrogen (secondary N) is 1. The topological polar surface area (TPSA) is 59.2 Å². The molecule has 0 radical (unpaired) electrons. The number of aromatic nitrogens is 1. The van der Waals surface area contributed by atoms with E-state index in [0.717, 1.165) is 42.5 Å². The molecule has 1 aliphatic rings. The molecule has 0 spiro atoms. The summed E-state index contributed by atoms with van der Waals surface area (Å²) in [5.74, 6) is -0.0655. The summed E-state index contributed by atoms with van der Waals surface area (Å²) in [4.78, 5) is 27.0. The molecule has 19 heavy (non-hydrogen) atoms. The number of ether oxygens (including phenoxy) is 1. The Labute approximate surface area is 110 Å². The fourth-order valence-electron chi connectivity index (χ4n) is 2.72. The molecule has 1 aromatic heterocycles. The number of esters is 1. The third kappa shape index (κ3) is 2.03. The lowest BCUT2D eigenvalue weighted by atomic mass is 9.94. The number of aromatic amines is 1. The van der Waals surface area contributed by atoms with Gasteiger partial charge in [-0.2, -0.15) is 0 Å². The van der Waals surface area contributed by atoms with Gasteiger partial charge in [-0.15, -0.1) is 0 Å². The van der Waals surface area contributed by atoms with Gasteiger partial charge in [-0.25, -0.2) is 0 Å². The standard InChI is InChI=1S/C15H15NO3/c1-9(17)19-13-8-4-7-12-14(13)15(18)10-5-2-3-6-11(10)16-12/h4,7-8H,2-3,5-6H2,1H3,(H,16,18). The van der Waals surface area contributed by atoms with Crippen LogP contribution in [0.3, 0.4) is 0 Å². The molecule has 0 saturated carbocycles. The molecule has 0 aliphatic heterocycles. The van der Waals surface area contributed by atoms with Gasteiger partial charge >= 0.3 is 5.97 Å². The second kappa shape index (κ2) is 4.53. The quantitative estimate of drug-likeness (QED) is 0.630. The number of aryl methyl sites for hydroxylation is 1. The van der Waals surface area contributed by atoms with E-state index in [-0.39, 0.29) is 5.43 Å². The second-order valence-corrected chi connectivity index (χ2v) is 4.89. The number of rotatable bonds is 1. The molecule has 0 atom stereocenters. The molecule has 1 aromatic carbocycles. The van der Waals surface area contributed by atoms with Crippen LogP contribution < -0.4 is 10.2 Å². The number of H-pyrrole nitrogens is 1. The molecule has 1 N–H and O–H groups in total. The zero-order valence-electron chi connectivity index (χ0n) is 10.8. The third-order valence-corrected chi connectivity index (χ3v) is 3.53. The van der Waals surface area contributed by atoms with Gasteiger partial charge in [0, 0.05) is 18.2 Å². The van der Waals surface area contributed by atoms with Crippen LogP contribution in [0.25, 0.3) is 10.9 Å². The van der Waals surface area contributed by atoms with Gasteiger partial charge in [-0.05, 0) is 37.8 Å². The Morgan fingerprint density at radius 1 is 1.26 bits per heavy atom. The minimum absolute atomic E-state index is 0.000278. The molecule has 0 fully saturated rings. The molecular weight excluding hydrogens is 242 g/mol. The van der Waals surface area contributed by atoms with E-state index in [9.17, 15) is 9.59 Å². The Morgan fingerprint density at radius 2 is 2.05 bits per heavy atom. The van der Waals surface area contributed by atoms with Gasteiger partial charge in [-0.3, -0.25) is 9.59 Å². The highest BCUT2D eigenvalue weighted by Crippen LogP contribution is 2.25.